The summed E-state index contributed by atoms with van der Waals surface area (Å²) in [5.74, 6) is -1.52. The Hall–Kier alpha value is -1.39. The Bertz CT molecular complexity index is 348. The second-order valence-electron chi connectivity index (χ2n) is 5.24. The molecule has 0 radical (unpaired) electrons. The number of imide groups is 1. The molecule has 0 bridgehead atoms. The highest BCUT2D eigenvalue weighted by atomic mass is 16.4. The zero-order valence-corrected chi connectivity index (χ0v) is 10.4. The molecule has 1 saturated carbocycles. The number of likely N-dealkylation sites (tertiary alicyclic amines) is 1. The van der Waals surface area contributed by atoms with Crippen molar-refractivity contribution in [3.63, 3.8) is 0 Å². The Morgan fingerprint density at radius 2 is 1.72 bits per heavy atom. The van der Waals surface area contributed by atoms with E-state index >= 15 is 0 Å². The molecule has 0 aromatic rings. The van der Waals surface area contributed by atoms with Crippen LogP contribution in [0.1, 0.15) is 44.9 Å². The molecule has 100 valence electrons. The first-order valence-electron chi connectivity index (χ1n) is 6.65. The van der Waals surface area contributed by atoms with E-state index in [2.05, 4.69) is 0 Å². The Kier molecular flexibility index (Phi) is 3.99. The summed E-state index contributed by atoms with van der Waals surface area (Å²) in [7, 11) is 0. The maximum Gasteiger partial charge on any atom is 0.306 e. The average molecular weight is 253 g/mol. The van der Waals surface area contributed by atoms with Gasteiger partial charge >= 0.3 is 5.97 Å². The maximum absolute atomic E-state index is 11.8. The molecule has 2 atom stereocenters. The monoisotopic (exact) mass is 253 g/mol. The molecule has 1 aliphatic carbocycles. The molecule has 18 heavy (non-hydrogen) atoms. The topological polar surface area (TPSA) is 74.7 Å². The summed E-state index contributed by atoms with van der Waals surface area (Å²) in [4.78, 5) is 36.1. The molecule has 1 saturated heterocycles. The lowest BCUT2D eigenvalue weighted by Gasteiger charge is -2.24. The summed E-state index contributed by atoms with van der Waals surface area (Å²) in [5, 5.41) is 9.11. The van der Waals surface area contributed by atoms with Gasteiger partial charge in [-0.25, -0.2) is 0 Å². The lowest BCUT2D eigenvalue weighted by Crippen LogP contribution is -2.40. The van der Waals surface area contributed by atoms with Crippen LogP contribution in [0.15, 0.2) is 0 Å². The molecule has 0 aromatic heterocycles. The molecule has 0 spiro atoms. The van der Waals surface area contributed by atoms with Crippen LogP contribution in [0.3, 0.4) is 0 Å². The number of aliphatic carboxylic acids is 1. The van der Waals surface area contributed by atoms with Gasteiger partial charge in [0.15, 0.2) is 0 Å². The van der Waals surface area contributed by atoms with Crippen molar-refractivity contribution in [3.05, 3.63) is 0 Å². The third kappa shape index (κ3) is 2.71. The summed E-state index contributed by atoms with van der Waals surface area (Å²) < 4.78 is 0. The Balaban J connectivity index is 2.04. The van der Waals surface area contributed by atoms with Crippen LogP contribution in [0.5, 0.6) is 0 Å². The van der Waals surface area contributed by atoms with Gasteiger partial charge in [-0.1, -0.05) is 6.42 Å². The van der Waals surface area contributed by atoms with E-state index in [0.29, 0.717) is 25.8 Å². The molecule has 2 fully saturated rings. The zero-order valence-electron chi connectivity index (χ0n) is 10.4. The van der Waals surface area contributed by atoms with Gasteiger partial charge in [0.2, 0.25) is 11.8 Å². The number of hydrogen-bond acceptors (Lipinski definition) is 3. The summed E-state index contributed by atoms with van der Waals surface area (Å²) in [6.45, 7) is 0.300. The lowest BCUT2D eigenvalue weighted by atomic mass is 9.95. The second-order valence-corrected chi connectivity index (χ2v) is 5.24. The molecule has 1 heterocycles. The van der Waals surface area contributed by atoms with Crippen LogP contribution >= 0.6 is 0 Å². The van der Waals surface area contributed by atoms with Crippen molar-refractivity contribution in [2.45, 2.75) is 44.9 Å². The summed E-state index contributed by atoms with van der Waals surface area (Å²) in [6, 6.07) is 0. The summed E-state index contributed by atoms with van der Waals surface area (Å²) in [5.41, 5.74) is 0. The van der Waals surface area contributed by atoms with Crippen molar-refractivity contribution >= 4 is 17.8 Å². The molecule has 0 aromatic carbocycles. The number of carbonyl (C=O) groups excluding carboxylic acids is 2. The minimum Gasteiger partial charge on any atom is -0.481 e. The van der Waals surface area contributed by atoms with Gasteiger partial charge in [-0.3, -0.25) is 19.3 Å². The smallest absolute Gasteiger partial charge is 0.306 e. The fraction of sp³-hybridized carbons (Fsp3) is 0.769. The highest BCUT2D eigenvalue weighted by Gasteiger charge is 2.36. The SMILES string of the molecule is O=C(O)C1CCCC1CN1C(=O)CCCCC1=O. The molecule has 2 amide bonds. The van der Waals surface area contributed by atoms with Gasteiger partial charge in [0.25, 0.3) is 0 Å². The van der Waals surface area contributed by atoms with Crippen molar-refractivity contribution in [2.24, 2.45) is 11.8 Å². The van der Waals surface area contributed by atoms with E-state index in [-0.39, 0.29) is 17.7 Å². The lowest BCUT2D eigenvalue weighted by molar-refractivity contribution is -0.148. The predicted octanol–water partition coefficient (Wildman–Crippen LogP) is 1.42. The number of rotatable bonds is 3. The van der Waals surface area contributed by atoms with Gasteiger partial charge < -0.3 is 5.11 Å². The third-order valence-electron chi connectivity index (χ3n) is 4.03. The van der Waals surface area contributed by atoms with Crippen LogP contribution in [-0.2, 0) is 14.4 Å². The van der Waals surface area contributed by atoms with E-state index in [4.69, 9.17) is 5.11 Å². The van der Waals surface area contributed by atoms with E-state index in [0.717, 1.165) is 25.7 Å². The Morgan fingerprint density at radius 1 is 1.11 bits per heavy atom. The molecule has 2 aliphatic rings. The Morgan fingerprint density at radius 3 is 2.28 bits per heavy atom. The standard InChI is InChI=1S/C13H19NO4/c15-11-6-1-2-7-12(16)14(11)8-9-4-3-5-10(9)13(17)18/h9-10H,1-8H2,(H,17,18). The van der Waals surface area contributed by atoms with Gasteiger partial charge in [-0.05, 0) is 31.6 Å². The van der Waals surface area contributed by atoms with Gasteiger partial charge in [-0.15, -0.1) is 0 Å². The van der Waals surface area contributed by atoms with Gasteiger partial charge in [0.1, 0.15) is 0 Å². The summed E-state index contributed by atoms with van der Waals surface area (Å²) >= 11 is 0. The fourth-order valence-corrected chi connectivity index (χ4v) is 2.98. The van der Waals surface area contributed by atoms with Crippen LogP contribution in [0.2, 0.25) is 0 Å². The van der Waals surface area contributed by atoms with Crippen LogP contribution < -0.4 is 0 Å². The largest absolute Gasteiger partial charge is 0.481 e. The van der Waals surface area contributed by atoms with Gasteiger partial charge in [0, 0.05) is 19.4 Å². The number of carboxylic acids is 1. The van der Waals surface area contributed by atoms with Crippen LogP contribution in [0, 0.1) is 11.8 Å². The minimum absolute atomic E-state index is 0.0616. The number of carbonyl (C=O) groups is 3. The first kappa shape index (κ1) is 13.1. The van der Waals surface area contributed by atoms with Crippen molar-refractivity contribution in [1.29, 1.82) is 0 Å². The zero-order chi connectivity index (χ0) is 13.1. The predicted molar refractivity (Wildman–Crippen MR) is 63.7 cm³/mol. The number of hydrogen-bond donors (Lipinski definition) is 1. The van der Waals surface area contributed by atoms with Gasteiger partial charge in [-0.2, -0.15) is 0 Å². The molecule has 5 heteroatoms. The molecule has 1 N–H and O–H groups in total. The van der Waals surface area contributed by atoms with E-state index in [9.17, 15) is 14.4 Å². The van der Waals surface area contributed by atoms with Crippen LogP contribution in [-0.4, -0.2) is 34.3 Å². The van der Waals surface area contributed by atoms with E-state index in [1.807, 2.05) is 0 Å². The Labute approximate surface area is 106 Å². The fourth-order valence-electron chi connectivity index (χ4n) is 2.98. The number of nitrogens with zero attached hydrogens (tertiary/aromatic N) is 1. The van der Waals surface area contributed by atoms with E-state index in [1.165, 1.54) is 4.90 Å². The highest BCUT2D eigenvalue weighted by Crippen LogP contribution is 2.33. The molecular formula is C13H19NO4. The van der Waals surface area contributed by atoms with Gasteiger partial charge in [0.05, 0.1) is 5.92 Å². The quantitative estimate of drug-likeness (QED) is 0.772. The van der Waals surface area contributed by atoms with Crippen molar-refractivity contribution in [3.8, 4) is 0 Å². The van der Waals surface area contributed by atoms with E-state index < -0.39 is 11.9 Å². The number of amides is 2. The highest BCUT2D eigenvalue weighted by molar-refractivity contribution is 5.96. The third-order valence-corrected chi connectivity index (χ3v) is 4.03. The average Bonchev–Trinajstić information content (AvgIpc) is 2.73. The molecular weight excluding hydrogens is 234 g/mol. The molecule has 5 nitrogen and oxygen atoms in total. The van der Waals surface area contributed by atoms with Crippen LogP contribution in [0.25, 0.3) is 0 Å². The van der Waals surface area contributed by atoms with E-state index in [1.54, 1.807) is 0 Å². The number of carboxylic acid groups (broad SMARTS) is 1. The minimum atomic E-state index is -0.799. The van der Waals surface area contributed by atoms with Crippen molar-refractivity contribution in [2.75, 3.05) is 6.54 Å². The maximum atomic E-state index is 11.8. The molecule has 2 unspecified atom stereocenters. The normalized spacial score (nSPS) is 29.4. The first-order valence-corrected chi connectivity index (χ1v) is 6.65. The summed E-state index contributed by atoms with van der Waals surface area (Å²) in [6.07, 6.45) is 4.68. The van der Waals surface area contributed by atoms with Crippen molar-refractivity contribution < 1.29 is 19.5 Å². The molecule has 2 rings (SSSR count). The second kappa shape index (κ2) is 5.50. The van der Waals surface area contributed by atoms with Crippen LogP contribution in [0.4, 0.5) is 0 Å². The van der Waals surface area contributed by atoms with Crippen molar-refractivity contribution in [1.82, 2.24) is 4.90 Å². The first-order chi connectivity index (χ1) is 8.59. The molecule has 1 aliphatic heterocycles.